The first-order valence-corrected chi connectivity index (χ1v) is 4.76. The van der Waals surface area contributed by atoms with Gasteiger partial charge < -0.3 is 4.72 Å². The van der Waals surface area contributed by atoms with Crippen molar-refractivity contribution in [1.82, 2.24) is 0 Å². The molecule has 0 spiro atoms. The van der Waals surface area contributed by atoms with Crippen LogP contribution in [0, 0.1) is 6.92 Å². The van der Waals surface area contributed by atoms with Crippen molar-refractivity contribution in [1.29, 1.82) is 0 Å². The lowest BCUT2D eigenvalue weighted by atomic mass is 10.2. The van der Waals surface area contributed by atoms with E-state index in [0.29, 0.717) is 0 Å². The van der Waals surface area contributed by atoms with Gasteiger partial charge in [0.25, 0.3) is 0 Å². The van der Waals surface area contributed by atoms with Gasteiger partial charge in [0.2, 0.25) is 0 Å². The third-order valence-electron chi connectivity index (χ3n) is 1.39. The number of hydrogen-bond donors (Lipinski definition) is 1. The predicted molar refractivity (Wildman–Crippen MR) is 52.9 cm³/mol. The van der Waals surface area contributed by atoms with Crippen LogP contribution in [-0.2, 0) is 0 Å². The van der Waals surface area contributed by atoms with Gasteiger partial charge in [-0.25, -0.2) is 0 Å². The van der Waals surface area contributed by atoms with Crippen LogP contribution >= 0.6 is 11.9 Å². The minimum absolute atomic E-state index is 1.09. The number of nitrogens with one attached hydrogen (secondary N) is 1. The van der Waals surface area contributed by atoms with Gasteiger partial charge in [-0.3, -0.25) is 0 Å². The van der Waals surface area contributed by atoms with E-state index < -0.39 is 0 Å². The summed E-state index contributed by atoms with van der Waals surface area (Å²) >= 11 is 1.72. The van der Waals surface area contributed by atoms with Gasteiger partial charge in [-0.05, 0) is 19.1 Å². The summed E-state index contributed by atoms with van der Waals surface area (Å²) in [7, 11) is 0. The van der Waals surface area contributed by atoms with Crippen LogP contribution in [0.5, 0.6) is 0 Å². The highest BCUT2D eigenvalue weighted by atomic mass is 32.2. The zero-order chi connectivity index (χ0) is 8.10. The van der Waals surface area contributed by atoms with Crippen LogP contribution < -0.4 is 4.72 Å². The molecule has 0 fully saturated rings. The SMILES string of the molecule is CCSNc1ccc(C)cc1. The Morgan fingerprint density at radius 3 is 2.45 bits per heavy atom. The van der Waals surface area contributed by atoms with E-state index in [1.165, 1.54) is 11.3 Å². The highest BCUT2D eigenvalue weighted by Crippen LogP contribution is 2.12. The van der Waals surface area contributed by atoms with Crippen LogP contribution in [0.2, 0.25) is 0 Å². The van der Waals surface area contributed by atoms with Crippen LogP contribution in [-0.4, -0.2) is 5.75 Å². The normalized spacial score (nSPS) is 9.64. The van der Waals surface area contributed by atoms with E-state index in [1.54, 1.807) is 11.9 Å². The maximum Gasteiger partial charge on any atom is 0.0440 e. The third-order valence-corrected chi connectivity index (χ3v) is 2.05. The van der Waals surface area contributed by atoms with Crippen LogP contribution in [0.25, 0.3) is 0 Å². The number of rotatable bonds is 3. The van der Waals surface area contributed by atoms with E-state index in [4.69, 9.17) is 0 Å². The molecule has 0 amide bonds. The molecule has 1 nitrogen and oxygen atoms in total. The Balaban J connectivity index is 2.52. The van der Waals surface area contributed by atoms with Crippen molar-refractivity contribution in [2.75, 3.05) is 10.5 Å². The van der Waals surface area contributed by atoms with E-state index in [9.17, 15) is 0 Å². The summed E-state index contributed by atoms with van der Waals surface area (Å²) in [6.45, 7) is 4.22. The molecule has 0 heterocycles. The molecule has 0 radical (unpaired) electrons. The lowest BCUT2D eigenvalue weighted by molar-refractivity contribution is 1.47. The summed E-state index contributed by atoms with van der Waals surface area (Å²) in [5.74, 6) is 1.09. The number of anilines is 1. The predicted octanol–water partition coefficient (Wildman–Crippen LogP) is 3.08. The fourth-order valence-electron chi connectivity index (χ4n) is 0.777. The molecule has 0 aliphatic heterocycles. The first-order chi connectivity index (χ1) is 5.33. The second-order valence-electron chi connectivity index (χ2n) is 2.40. The average Bonchev–Trinajstić information content (AvgIpc) is 2.04. The molecule has 0 atom stereocenters. The molecule has 0 unspecified atom stereocenters. The summed E-state index contributed by atoms with van der Waals surface area (Å²) < 4.78 is 3.24. The van der Waals surface area contributed by atoms with Crippen LogP contribution in [0.4, 0.5) is 5.69 Å². The number of benzene rings is 1. The fraction of sp³-hybridized carbons (Fsp3) is 0.333. The molecule has 1 aromatic rings. The molecule has 0 aliphatic rings. The second-order valence-corrected chi connectivity index (χ2v) is 3.47. The largest absolute Gasteiger partial charge is 0.330 e. The van der Waals surface area contributed by atoms with Gasteiger partial charge in [-0.15, -0.1) is 0 Å². The molecule has 1 aromatic carbocycles. The van der Waals surface area contributed by atoms with Crippen molar-refractivity contribution in [3.63, 3.8) is 0 Å². The van der Waals surface area contributed by atoms with Gasteiger partial charge in [0.05, 0.1) is 0 Å². The van der Waals surface area contributed by atoms with E-state index >= 15 is 0 Å². The van der Waals surface area contributed by atoms with Crippen molar-refractivity contribution in [2.24, 2.45) is 0 Å². The van der Waals surface area contributed by atoms with Gasteiger partial charge in [0, 0.05) is 11.4 Å². The molecule has 2 heteroatoms. The monoisotopic (exact) mass is 167 g/mol. The third kappa shape index (κ3) is 2.85. The van der Waals surface area contributed by atoms with Crippen molar-refractivity contribution in [2.45, 2.75) is 13.8 Å². The zero-order valence-corrected chi connectivity index (χ0v) is 7.74. The Kier molecular flexibility index (Phi) is 3.30. The Hall–Kier alpha value is -0.630. The highest BCUT2D eigenvalue weighted by molar-refractivity contribution is 8.00. The molecule has 1 N–H and O–H groups in total. The molecule has 0 aliphatic carbocycles. The number of aryl methyl sites for hydroxylation is 1. The van der Waals surface area contributed by atoms with E-state index in [2.05, 4.69) is 42.8 Å². The smallest absolute Gasteiger partial charge is 0.0440 e. The molecule has 1 rings (SSSR count). The average molecular weight is 167 g/mol. The molecular weight excluding hydrogens is 154 g/mol. The lowest BCUT2D eigenvalue weighted by Gasteiger charge is -2.02. The Morgan fingerprint density at radius 2 is 1.91 bits per heavy atom. The summed E-state index contributed by atoms with van der Waals surface area (Å²) in [5.41, 5.74) is 2.49. The Labute approximate surface area is 72.3 Å². The van der Waals surface area contributed by atoms with Crippen molar-refractivity contribution in [3.8, 4) is 0 Å². The van der Waals surface area contributed by atoms with E-state index in [-0.39, 0.29) is 0 Å². The zero-order valence-electron chi connectivity index (χ0n) is 6.92. The molecule has 11 heavy (non-hydrogen) atoms. The van der Waals surface area contributed by atoms with Crippen molar-refractivity contribution >= 4 is 17.6 Å². The lowest BCUT2D eigenvalue weighted by Crippen LogP contribution is -1.86. The molecule has 0 saturated carbocycles. The second kappa shape index (κ2) is 4.29. The molecule has 0 saturated heterocycles. The highest BCUT2D eigenvalue weighted by Gasteiger charge is 1.88. The maximum atomic E-state index is 3.24. The first kappa shape index (κ1) is 8.47. The van der Waals surface area contributed by atoms with Gasteiger partial charge in [-0.1, -0.05) is 36.6 Å². The molecule has 60 valence electrons. The van der Waals surface area contributed by atoms with Crippen LogP contribution in [0.15, 0.2) is 24.3 Å². The topological polar surface area (TPSA) is 12.0 Å². The molecule has 0 aromatic heterocycles. The molecular formula is C9H13NS. The van der Waals surface area contributed by atoms with Crippen LogP contribution in [0.3, 0.4) is 0 Å². The van der Waals surface area contributed by atoms with Crippen molar-refractivity contribution < 1.29 is 0 Å². The maximum absolute atomic E-state index is 3.24. The van der Waals surface area contributed by atoms with Crippen molar-refractivity contribution in [3.05, 3.63) is 29.8 Å². The number of hydrogen-bond acceptors (Lipinski definition) is 2. The minimum atomic E-state index is 1.09. The van der Waals surface area contributed by atoms with E-state index in [0.717, 1.165) is 5.75 Å². The summed E-state index contributed by atoms with van der Waals surface area (Å²) in [4.78, 5) is 0. The summed E-state index contributed by atoms with van der Waals surface area (Å²) in [6.07, 6.45) is 0. The fourth-order valence-corrected chi connectivity index (χ4v) is 1.22. The standard InChI is InChI=1S/C9H13NS/c1-3-11-10-9-6-4-8(2)5-7-9/h4-7,10H,3H2,1-2H3. The summed E-state index contributed by atoms with van der Waals surface area (Å²) in [6, 6.07) is 8.41. The van der Waals surface area contributed by atoms with E-state index in [1.807, 2.05) is 0 Å². The Morgan fingerprint density at radius 1 is 1.27 bits per heavy atom. The van der Waals surface area contributed by atoms with Gasteiger partial charge >= 0.3 is 0 Å². The summed E-state index contributed by atoms with van der Waals surface area (Å²) in [5, 5.41) is 0. The Bertz CT molecular complexity index is 205. The van der Waals surface area contributed by atoms with Gasteiger partial charge in [0.15, 0.2) is 0 Å². The first-order valence-electron chi connectivity index (χ1n) is 3.77. The minimum Gasteiger partial charge on any atom is -0.330 e. The molecule has 0 bridgehead atoms. The quantitative estimate of drug-likeness (QED) is 0.694. The van der Waals surface area contributed by atoms with Gasteiger partial charge in [0.1, 0.15) is 0 Å². The van der Waals surface area contributed by atoms with Crippen LogP contribution in [0.1, 0.15) is 12.5 Å². The van der Waals surface area contributed by atoms with Gasteiger partial charge in [-0.2, -0.15) is 0 Å².